The van der Waals surface area contributed by atoms with Crippen LogP contribution in [0.25, 0.3) is 0 Å². The number of carbonyl (C=O) groups is 2. The van der Waals surface area contributed by atoms with Crippen LogP contribution in [0.3, 0.4) is 0 Å². The summed E-state index contributed by atoms with van der Waals surface area (Å²) in [6, 6.07) is 18.6. The Bertz CT molecular complexity index is 1710. The van der Waals surface area contributed by atoms with Gasteiger partial charge in [0.25, 0.3) is 0 Å². The highest BCUT2D eigenvalue weighted by molar-refractivity contribution is 5.96. The van der Waals surface area contributed by atoms with Crippen LogP contribution in [0.1, 0.15) is 101 Å². The second-order valence-electron chi connectivity index (χ2n) is 12.6. The Labute approximate surface area is 283 Å². The lowest BCUT2D eigenvalue weighted by molar-refractivity contribution is -0.114. The monoisotopic (exact) mass is 649 g/mol. The molecule has 0 saturated carbocycles. The van der Waals surface area contributed by atoms with Gasteiger partial charge in [-0.15, -0.1) is 0 Å². The lowest BCUT2D eigenvalue weighted by atomic mass is 9.82. The van der Waals surface area contributed by atoms with Gasteiger partial charge in [0.15, 0.2) is 23.1 Å². The Balaban J connectivity index is 1.27. The van der Waals surface area contributed by atoms with Gasteiger partial charge >= 0.3 is 0 Å². The van der Waals surface area contributed by atoms with Crippen molar-refractivity contribution in [2.75, 3.05) is 13.2 Å². The molecule has 252 valence electrons. The topological polar surface area (TPSA) is 138 Å². The molecule has 1 aliphatic heterocycles. The van der Waals surface area contributed by atoms with E-state index in [2.05, 4.69) is 23.3 Å². The van der Waals surface area contributed by atoms with Gasteiger partial charge in [0.1, 0.15) is 5.75 Å². The predicted octanol–water partition coefficient (Wildman–Crippen LogP) is 7.19. The van der Waals surface area contributed by atoms with Gasteiger partial charge in [-0.1, -0.05) is 62.2 Å². The van der Waals surface area contributed by atoms with Gasteiger partial charge in [0, 0.05) is 55.2 Å². The Hall–Kier alpha value is -4.66. The fourth-order valence-electron chi connectivity index (χ4n) is 6.27. The van der Waals surface area contributed by atoms with Gasteiger partial charge in [-0.05, 0) is 83.8 Å². The zero-order valence-corrected chi connectivity index (χ0v) is 27.7. The minimum absolute atomic E-state index is 0.0227. The number of allylic oxidation sites excluding steroid dienone is 2. The first-order valence-corrected chi connectivity index (χ1v) is 17.1. The summed E-state index contributed by atoms with van der Waals surface area (Å²) in [4.78, 5) is 28.6. The SMILES string of the molecule is CCCCC/C=C/C(=O)CCc1ccc(O)c(OCCc2ccc(O)c([C@H](CC(=O)c3cc[nH]c3)c3ccc4c(c3)CCN[C@H]4N)c2)c1. The number of hydrogen-bond donors (Lipinski definition) is 5. The lowest BCUT2D eigenvalue weighted by Crippen LogP contribution is -2.35. The third-order valence-corrected chi connectivity index (χ3v) is 9.05. The molecule has 8 nitrogen and oxygen atoms in total. The molecule has 2 atom stereocenters. The van der Waals surface area contributed by atoms with Crippen molar-refractivity contribution < 1.29 is 24.5 Å². The number of carbonyl (C=O) groups excluding carboxylic acids is 2. The van der Waals surface area contributed by atoms with Crippen molar-refractivity contribution in [2.45, 2.75) is 76.8 Å². The number of aromatic nitrogens is 1. The van der Waals surface area contributed by atoms with Crippen molar-refractivity contribution in [3.8, 4) is 17.2 Å². The lowest BCUT2D eigenvalue weighted by Gasteiger charge is -2.26. The zero-order valence-electron chi connectivity index (χ0n) is 27.7. The molecular weight excluding hydrogens is 602 g/mol. The molecule has 0 unspecified atom stereocenters. The summed E-state index contributed by atoms with van der Waals surface area (Å²) in [5.74, 6) is 0.223. The smallest absolute Gasteiger partial charge is 0.165 e. The van der Waals surface area contributed by atoms with E-state index in [1.165, 1.54) is 6.42 Å². The second kappa shape index (κ2) is 16.9. The zero-order chi connectivity index (χ0) is 33.9. The Morgan fingerprint density at radius 3 is 2.60 bits per heavy atom. The third kappa shape index (κ3) is 9.24. The number of nitrogens with one attached hydrogen (secondary N) is 2. The summed E-state index contributed by atoms with van der Waals surface area (Å²) in [5, 5.41) is 24.8. The minimum Gasteiger partial charge on any atom is -0.508 e. The molecule has 6 N–H and O–H groups in total. The molecule has 0 fully saturated rings. The number of H-pyrrole nitrogens is 1. The van der Waals surface area contributed by atoms with Crippen molar-refractivity contribution in [3.63, 3.8) is 0 Å². The number of unbranched alkanes of at least 4 members (excludes halogenated alkanes) is 3. The van der Waals surface area contributed by atoms with Crippen molar-refractivity contribution in [3.05, 3.63) is 124 Å². The maximum atomic E-state index is 13.4. The number of nitrogens with two attached hydrogens (primary N) is 1. The Morgan fingerprint density at radius 2 is 1.81 bits per heavy atom. The first-order chi connectivity index (χ1) is 23.3. The normalized spacial score (nSPS) is 14.9. The van der Waals surface area contributed by atoms with E-state index >= 15 is 0 Å². The number of aromatic hydroxyl groups is 2. The van der Waals surface area contributed by atoms with Gasteiger partial charge in [-0.2, -0.15) is 0 Å². The quantitative estimate of drug-likeness (QED) is 0.0464. The van der Waals surface area contributed by atoms with Crippen LogP contribution in [0.4, 0.5) is 0 Å². The van der Waals surface area contributed by atoms with Gasteiger partial charge in [-0.25, -0.2) is 0 Å². The number of ketones is 2. The molecule has 1 aromatic heterocycles. The minimum atomic E-state index is -0.376. The van der Waals surface area contributed by atoms with Crippen LogP contribution in [-0.4, -0.2) is 39.9 Å². The Morgan fingerprint density at radius 1 is 1.00 bits per heavy atom. The largest absolute Gasteiger partial charge is 0.508 e. The molecule has 2 heterocycles. The molecule has 48 heavy (non-hydrogen) atoms. The molecule has 5 rings (SSSR count). The average molecular weight is 650 g/mol. The van der Waals surface area contributed by atoms with Crippen LogP contribution in [0.15, 0.2) is 85.2 Å². The van der Waals surface area contributed by atoms with Crippen LogP contribution in [-0.2, 0) is 24.1 Å². The van der Waals surface area contributed by atoms with Crippen molar-refractivity contribution >= 4 is 11.6 Å². The van der Waals surface area contributed by atoms with Crippen molar-refractivity contribution in [2.24, 2.45) is 5.73 Å². The number of aryl methyl sites for hydroxylation is 1. The molecule has 0 spiro atoms. The molecule has 0 aliphatic carbocycles. The van der Waals surface area contributed by atoms with E-state index in [-0.39, 0.29) is 48.2 Å². The van der Waals surface area contributed by atoms with Gasteiger partial charge in [-0.3, -0.25) is 14.9 Å². The molecule has 8 heteroatoms. The van der Waals surface area contributed by atoms with Crippen molar-refractivity contribution in [1.29, 1.82) is 0 Å². The summed E-state index contributed by atoms with van der Waals surface area (Å²) in [7, 11) is 0. The van der Waals surface area contributed by atoms with Crippen LogP contribution in [0.5, 0.6) is 17.2 Å². The number of rotatable bonds is 17. The summed E-state index contributed by atoms with van der Waals surface area (Å²) < 4.78 is 6.00. The number of hydrogen-bond acceptors (Lipinski definition) is 7. The highest BCUT2D eigenvalue weighted by Crippen LogP contribution is 2.37. The number of fused-ring (bicyclic) bond motifs is 1. The first kappa shape index (κ1) is 34.7. The van der Waals surface area contributed by atoms with Gasteiger partial charge in [0.2, 0.25) is 0 Å². The van der Waals surface area contributed by atoms with E-state index in [4.69, 9.17) is 10.5 Å². The number of ether oxygens (including phenoxy) is 1. The molecule has 4 aromatic rings. The first-order valence-electron chi connectivity index (χ1n) is 17.1. The van der Waals surface area contributed by atoms with Crippen LogP contribution >= 0.6 is 0 Å². The number of phenolic OH excluding ortho intramolecular Hbond substituents is 2. The maximum Gasteiger partial charge on any atom is 0.165 e. The molecule has 3 aromatic carbocycles. The second-order valence-corrected chi connectivity index (χ2v) is 12.6. The Kier molecular flexibility index (Phi) is 12.2. The number of benzene rings is 3. The molecule has 0 radical (unpaired) electrons. The maximum absolute atomic E-state index is 13.4. The van der Waals surface area contributed by atoms with Crippen molar-refractivity contribution in [1.82, 2.24) is 10.3 Å². The van der Waals surface area contributed by atoms with E-state index in [9.17, 15) is 19.8 Å². The highest BCUT2D eigenvalue weighted by atomic mass is 16.5. The molecule has 0 saturated heterocycles. The molecule has 1 aliphatic rings. The van der Waals surface area contributed by atoms with E-state index in [0.29, 0.717) is 36.1 Å². The summed E-state index contributed by atoms with van der Waals surface area (Å²) in [6.07, 6.45) is 13.7. The third-order valence-electron chi connectivity index (χ3n) is 9.05. The van der Waals surface area contributed by atoms with E-state index in [1.54, 1.807) is 42.7 Å². The molecule has 0 bridgehead atoms. The predicted molar refractivity (Wildman–Crippen MR) is 189 cm³/mol. The standard InChI is InChI=1S/C40H47N3O5/c1-2-3-4-5-6-7-32(44)12-8-27-10-15-37(46)39(23-27)48-21-18-28-9-14-36(45)35(22-28)34(25-38(47)31-16-19-42-26-31)29-11-13-33-30(24-29)17-20-43-40(33)41/h6-7,9-11,13-16,19,22-24,26,34,40,42-43,45-46H,2-5,8,12,17-18,20-21,25,41H2,1H3/b7-6+/t34-,40-/m1/s1. The van der Waals surface area contributed by atoms with Crippen LogP contribution in [0, 0.1) is 0 Å². The van der Waals surface area contributed by atoms with Gasteiger partial charge in [0.05, 0.1) is 12.8 Å². The number of Topliss-reactive ketones (excluding diaryl/α,β-unsaturated/α-hetero) is 1. The fourth-order valence-corrected chi connectivity index (χ4v) is 6.27. The summed E-state index contributed by atoms with van der Waals surface area (Å²) >= 11 is 0. The van der Waals surface area contributed by atoms with Crippen LogP contribution in [0.2, 0.25) is 0 Å². The van der Waals surface area contributed by atoms with Crippen LogP contribution < -0.4 is 15.8 Å². The van der Waals surface area contributed by atoms with E-state index < -0.39 is 0 Å². The number of phenols is 2. The molecular formula is C40H47N3O5. The highest BCUT2D eigenvalue weighted by Gasteiger charge is 2.25. The fraction of sp³-hybridized carbons (Fsp3) is 0.350. The summed E-state index contributed by atoms with van der Waals surface area (Å²) in [6.45, 7) is 3.23. The van der Waals surface area contributed by atoms with E-state index in [0.717, 1.165) is 60.0 Å². The average Bonchev–Trinajstić information content (AvgIpc) is 3.64. The molecule has 0 amide bonds. The number of aromatic amines is 1. The summed E-state index contributed by atoms with van der Waals surface area (Å²) in [5.41, 5.74) is 12.5. The van der Waals surface area contributed by atoms with Gasteiger partial charge < -0.3 is 25.7 Å². The van der Waals surface area contributed by atoms with E-state index in [1.807, 2.05) is 36.4 Å².